The van der Waals surface area contributed by atoms with E-state index in [4.69, 9.17) is 31.3 Å². The maximum absolute atomic E-state index is 11.1. The van der Waals surface area contributed by atoms with Gasteiger partial charge in [-0.15, -0.1) is 0 Å². The fraction of sp³-hybridized carbons (Fsp3) is 0.800. The Kier molecular flexibility index (Phi) is 5.88. The van der Waals surface area contributed by atoms with Crippen molar-refractivity contribution in [3.05, 3.63) is 10.4 Å². The van der Waals surface area contributed by atoms with Gasteiger partial charge in [0.05, 0.1) is 6.04 Å². The zero-order valence-corrected chi connectivity index (χ0v) is 11.2. The van der Waals surface area contributed by atoms with Crippen LogP contribution in [0, 0.1) is 0 Å². The van der Waals surface area contributed by atoms with E-state index in [-0.39, 0.29) is 13.0 Å². The van der Waals surface area contributed by atoms with Gasteiger partial charge in [-0.05, 0) is 12.0 Å². The number of nitrogens with zero attached hydrogens (tertiary/aromatic N) is 3. The first-order valence-electron chi connectivity index (χ1n) is 5.58. The second kappa shape index (κ2) is 7.18. The van der Waals surface area contributed by atoms with Crippen molar-refractivity contribution >= 4 is 23.5 Å². The first-order valence-corrected chi connectivity index (χ1v) is 6.02. The van der Waals surface area contributed by atoms with Crippen molar-refractivity contribution in [2.75, 3.05) is 6.61 Å². The van der Waals surface area contributed by atoms with E-state index in [0.29, 0.717) is 0 Å². The Morgan fingerprint density at radius 2 is 2.16 bits per heavy atom. The molecule has 4 atom stereocenters. The third-order valence-electron chi connectivity index (χ3n) is 2.45. The lowest BCUT2D eigenvalue weighted by molar-refractivity contribution is -0.176. The molecule has 106 valence electrons. The largest absolute Gasteiger partial charge is 0.463 e. The maximum atomic E-state index is 11.1. The Labute approximate surface area is 114 Å². The van der Waals surface area contributed by atoms with E-state index in [9.17, 15) is 9.59 Å². The number of alkyl halides is 1. The van der Waals surface area contributed by atoms with Crippen molar-refractivity contribution in [2.45, 2.75) is 44.1 Å². The Morgan fingerprint density at radius 3 is 2.68 bits per heavy atom. The number of esters is 2. The average Bonchev–Trinajstić information content (AvgIpc) is 2.30. The summed E-state index contributed by atoms with van der Waals surface area (Å²) in [6, 6.07) is -0.661. The van der Waals surface area contributed by atoms with Crippen LogP contribution < -0.4 is 0 Å². The number of hydrogen-bond acceptors (Lipinski definition) is 6. The van der Waals surface area contributed by atoms with E-state index < -0.39 is 35.8 Å². The quantitative estimate of drug-likeness (QED) is 0.256. The number of carbonyl (C=O) groups excluding carboxylic acids is 2. The lowest BCUT2D eigenvalue weighted by Gasteiger charge is -2.37. The summed E-state index contributed by atoms with van der Waals surface area (Å²) < 4.78 is 15.2. The predicted molar refractivity (Wildman–Crippen MR) is 64.3 cm³/mol. The fourth-order valence-corrected chi connectivity index (χ4v) is 2.07. The number of carbonyl (C=O) groups is 2. The van der Waals surface area contributed by atoms with Crippen LogP contribution in [0.15, 0.2) is 5.11 Å². The van der Waals surface area contributed by atoms with E-state index in [1.807, 2.05) is 0 Å². The van der Waals surface area contributed by atoms with Crippen LogP contribution in [-0.2, 0) is 23.8 Å². The molecule has 1 saturated heterocycles. The minimum atomic E-state index is -0.831. The smallest absolute Gasteiger partial charge is 0.303 e. The first-order chi connectivity index (χ1) is 8.93. The predicted octanol–water partition coefficient (Wildman–Crippen LogP) is 1.51. The van der Waals surface area contributed by atoms with Crippen LogP contribution in [0.1, 0.15) is 20.3 Å². The summed E-state index contributed by atoms with van der Waals surface area (Å²) in [5, 5.41) is 3.54. The second-order valence-corrected chi connectivity index (χ2v) is 4.46. The van der Waals surface area contributed by atoms with E-state index >= 15 is 0 Å². The average molecular weight is 292 g/mol. The third-order valence-corrected chi connectivity index (χ3v) is 2.73. The highest BCUT2D eigenvalue weighted by atomic mass is 35.5. The zero-order chi connectivity index (χ0) is 14.4. The van der Waals surface area contributed by atoms with Gasteiger partial charge in [-0.3, -0.25) is 9.59 Å². The number of azide groups is 1. The van der Waals surface area contributed by atoms with Gasteiger partial charge in [0.25, 0.3) is 0 Å². The van der Waals surface area contributed by atoms with Gasteiger partial charge < -0.3 is 14.2 Å². The SMILES string of the molecule is CC(=O)OCC1O[C@@H](Cl)C[C@@H](N=[N+]=[N-])[C@H]1OC(C)=O. The van der Waals surface area contributed by atoms with Crippen molar-refractivity contribution in [2.24, 2.45) is 5.11 Å². The van der Waals surface area contributed by atoms with Crippen molar-refractivity contribution in [1.82, 2.24) is 0 Å². The van der Waals surface area contributed by atoms with Crippen LogP contribution >= 0.6 is 11.6 Å². The van der Waals surface area contributed by atoms with Crippen molar-refractivity contribution in [3.8, 4) is 0 Å². The van der Waals surface area contributed by atoms with Crippen molar-refractivity contribution in [1.29, 1.82) is 0 Å². The molecule has 0 aromatic rings. The number of rotatable bonds is 4. The lowest BCUT2D eigenvalue weighted by Crippen LogP contribution is -2.50. The topological polar surface area (TPSA) is 111 Å². The van der Waals surface area contributed by atoms with Crippen LogP contribution in [0.3, 0.4) is 0 Å². The van der Waals surface area contributed by atoms with Gasteiger partial charge in [0.2, 0.25) is 0 Å². The standard InChI is InChI=1S/C10H14ClN3O5/c1-5(15)17-4-8-10(18-6(2)16)7(13-14-12)3-9(11)19-8/h7-10H,3-4H2,1-2H3/t7-,8?,9-,10-/m1/s1. The molecule has 1 fully saturated rings. The molecule has 1 rings (SSSR count). The number of halogens is 1. The first kappa shape index (κ1) is 15.6. The second-order valence-electron chi connectivity index (χ2n) is 3.97. The number of ether oxygens (including phenoxy) is 3. The molecule has 1 aliphatic heterocycles. The molecule has 1 aliphatic rings. The summed E-state index contributed by atoms with van der Waals surface area (Å²) in [5.41, 5.74) is 7.80. The summed E-state index contributed by atoms with van der Waals surface area (Å²) in [6.07, 6.45) is -1.39. The molecule has 9 heteroatoms. The molecule has 0 N–H and O–H groups in total. The highest BCUT2D eigenvalue weighted by Crippen LogP contribution is 2.27. The van der Waals surface area contributed by atoms with E-state index in [1.165, 1.54) is 13.8 Å². The highest BCUT2D eigenvalue weighted by Gasteiger charge is 2.40. The minimum absolute atomic E-state index is 0.131. The van der Waals surface area contributed by atoms with E-state index in [1.54, 1.807) is 0 Å². The Morgan fingerprint density at radius 1 is 1.47 bits per heavy atom. The van der Waals surface area contributed by atoms with E-state index in [2.05, 4.69) is 10.0 Å². The molecule has 0 aromatic heterocycles. The molecule has 0 aromatic carbocycles. The third kappa shape index (κ3) is 4.94. The lowest BCUT2D eigenvalue weighted by atomic mass is 10.0. The van der Waals surface area contributed by atoms with E-state index in [0.717, 1.165) is 0 Å². The molecule has 0 radical (unpaired) electrons. The molecular weight excluding hydrogens is 278 g/mol. The maximum Gasteiger partial charge on any atom is 0.303 e. The Bertz CT molecular complexity index is 399. The molecule has 0 bridgehead atoms. The van der Waals surface area contributed by atoms with Gasteiger partial charge >= 0.3 is 11.9 Å². The number of hydrogen-bond donors (Lipinski definition) is 0. The molecule has 0 spiro atoms. The molecule has 19 heavy (non-hydrogen) atoms. The van der Waals surface area contributed by atoms with Gasteiger partial charge in [-0.1, -0.05) is 16.7 Å². The fourth-order valence-electron chi connectivity index (χ4n) is 1.75. The van der Waals surface area contributed by atoms with Gasteiger partial charge in [0.1, 0.15) is 24.4 Å². The summed E-state index contributed by atoms with van der Waals surface area (Å²) in [5.74, 6) is -1.05. The summed E-state index contributed by atoms with van der Waals surface area (Å²) in [7, 11) is 0. The van der Waals surface area contributed by atoms with Gasteiger partial charge in [0, 0.05) is 18.8 Å². The molecule has 1 heterocycles. The van der Waals surface area contributed by atoms with Crippen LogP contribution in [-0.4, -0.2) is 42.4 Å². The summed E-state index contributed by atoms with van der Waals surface area (Å²) in [4.78, 5) is 24.6. The van der Waals surface area contributed by atoms with Gasteiger partial charge in [-0.2, -0.15) is 0 Å². The molecule has 8 nitrogen and oxygen atoms in total. The highest BCUT2D eigenvalue weighted by molar-refractivity contribution is 6.19. The van der Waals surface area contributed by atoms with Crippen molar-refractivity contribution in [3.63, 3.8) is 0 Å². The minimum Gasteiger partial charge on any atom is -0.463 e. The molecule has 0 amide bonds. The van der Waals surface area contributed by atoms with Gasteiger partial charge in [-0.25, -0.2) is 0 Å². The molecule has 0 saturated carbocycles. The van der Waals surface area contributed by atoms with Crippen LogP contribution in [0.5, 0.6) is 0 Å². The molecular formula is C10H14ClN3O5. The van der Waals surface area contributed by atoms with Gasteiger partial charge in [0.15, 0.2) is 0 Å². The van der Waals surface area contributed by atoms with Crippen LogP contribution in [0.2, 0.25) is 0 Å². The Balaban J connectivity index is 2.83. The molecule has 0 aliphatic carbocycles. The zero-order valence-electron chi connectivity index (χ0n) is 10.5. The molecule has 1 unspecified atom stereocenters. The van der Waals surface area contributed by atoms with Crippen LogP contribution in [0.4, 0.5) is 0 Å². The normalized spacial score (nSPS) is 30.1. The summed E-state index contributed by atoms with van der Waals surface area (Å²) >= 11 is 5.87. The monoisotopic (exact) mass is 291 g/mol. The Hall–Kier alpha value is -1.50. The van der Waals surface area contributed by atoms with Crippen LogP contribution in [0.25, 0.3) is 10.4 Å². The summed E-state index contributed by atoms with van der Waals surface area (Å²) in [6.45, 7) is 2.34. The van der Waals surface area contributed by atoms with Crippen molar-refractivity contribution < 1.29 is 23.8 Å².